The standard InChI is InChI=1S/C24H29N5O3S2/c1-3-4-5-10-28-23(32)18(34-24(28)33)13-17-21(27-11-8-16(9-12-27)20(25)30)26-19-7-6-15(2)14-29(19)22(17)31/h6-7,13-14,16H,3-5,8-12H2,1-2H3,(H2,25,30)/b18-13+. The van der Waals surface area contributed by atoms with Gasteiger partial charge < -0.3 is 10.6 Å². The first-order valence-corrected chi connectivity index (χ1v) is 12.8. The summed E-state index contributed by atoms with van der Waals surface area (Å²) in [6.07, 6.45) is 7.55. The van der Waals surface area contributed by atoms with Gasteiger partial charge in [-0.25, -0.2) is 4.98 Å². The molecular formula is C24H29N5O3S2. The van der Waals surface area contributed by atoms with E-state index >= 15 is 0 Å². The molecule has 0 aromatic carbocycles. The summed E-state index contributed by atoms with van der Waals surface area (Å²) < 4.78 is 2.03. The zero-order valence-corrected chi connectivity index (χ0v) is 21.1. The van der Waals surface area contributed by atoms with Crippen LogP contribution < -0.4 is 16.2 Å². The summed E-state index contributed by atoms with van der Waals surface area (Å²) in [7, 11) is 0. The number of nitrogens with zero attached hydrogens (tertiary/aromatic N) is 4. The Balaban J connectivity index is 1.75. The highest BCUT2D eigenvalue weighted by Crippen LogP contribution is 2.34. The van der Waals surface area contributed by atoms with E-state index in [1.54, 1.807) is 17.2 Å². The quantitative estimate of drug-likeness (QED) is 0.355. The summed E-state index contributed by atoms with van der Waals surface area (Å²) in [5, 5.41) is 0. The second-order valence-electron chi connectivity index (χ2n) is 8.79. The third-order valence-corrected chi connectivity index (χ3v) is 7.69. The van der Waals surface area contributed by atoms with Crippen LogP contribution in [0.15, 0.2) is 28.0 Å². The van der Waals surface area contributed by atoms with Gasteiger partial charge in [0.1, 0.15) is 15.8 Å². The van der Waals surface area contributed by atoms with Gasteiger partial charge in [0.15, 0.2) is 0 Å². The fourth-order valence-corrected chi connectivity index (χ4v) is 5.62. The molecule has 10 heteroatoms. The van der Waals surface area contributed by atoms with Crippen molar-refractivity contribution in [1.82, 2.24) is 14.3 Å². The molecule has 0 radical (unpaired) electrons. The van der Waals surface area contributed by atoms with Gasteiger partial charge in [-0.05, 0) is 43.9 Å². The van der Waals surface area contributed by atoms with Crippen LogP contribution in [0.3, 0.4) is 0 Å². The third kappa shape index (κ3) is 4.88. The normalized spacial score (nSPS) is 18.5. The Morgan fingerprint density at radius 1 is 1.26 bits per heavy atom. The smallest absolute Gasteiger partial charge is 0.267 e. The SMILES string of the molecule is CCCCCN1C(=O)/C(=C\c2c(N3CCC(C(N)=O)CC3)nc3ccc(C)cn3c2=O)SC1=S. The molecule has 4 heterocycles. The van der Waals surface area contributed by atoms with Crippen LogP contribution in [0.2, 0.25) is 0 Å². The van der Waals surface area contributed by atoms with Crippen LogP contribution in [-0.2, 0) is 9.59 Å². The molecule has 2 amide bonds. The number of aryl methyl sites for hydroxylation is 1. The molecule has 0 aliphatic carbocycles. The van der Waals surface area contributed by atoms with Crippen LogP contribution in [-0.4, -0.2) is 50.1 Å². The minimum Gasteiger partial charge on any atom is -0.369 e. The summed E-state index contributed by atoms with van der Waals surface area (Å²) in [5.41, 5.74) is 7.08. The lowest BCUT2D eigenvalue weighted by molar-refractivity contribution is -0.123. The average Bonchev–Trinajstić information content (AvgIpc) is 3.08. The number of aromatic nitrogens is 2. The van der Waals surface area contributed by atoms with E-state index in [1.807, 2.05) is 24.0 Å². The summed E-state index contributed by atoms with van der Waals surface area (Å²) >= 11 is 6.68. The van der Waals surface area contributed by atoms with Crippen molar-refractivity contribution < 1.29 is 9.59 Å². The Labute approximate surface area is 208 Å². The molecular weight excluding hydrogens is 470 g/mol. The number of hydrogen-bond acceptors (Lipinski definition) is 7. The minimum absolute atomic E-state index is 0.168. The number of pyridine rings is 1. The number of carbonyl (C=O) groups excluding carboxylic acids is 2. The minimum atomic E-state index is -0.298. The number of thiocarbonyl (C=S) groups is 1. The van der Waals surface area contributed by atoms with E-state index in [4.69, 9.17) is 22.9 Å². The lowest BCUT2D eigenvalue weighted by atomic mass is 9.96. The molecule has 0 saturated carbocycles. The molecule has 180 valence electrons. The topological polar surface area (TPSA) is 101 Å². The Bertz CT molecular complexity index is 1230. The van der Waals surface area contributed by atoms with Gasteiger partial charge in [0, 0.05) is 31.7 Å². The van der Waals surface area contributed by atoms with Crippen molar-refractivity contribution in [3.63, 3.8) is 0 Å². The molecule has 2 fully saturated rings. The van der Waals surface area contributed by atoms with E-state index in [0.29, 0.717) is 58.7 Å². The number of amides is 2. The van der Waals surface area contributed by atoms with Crippen molar-refractivity contribution in [2.45, 2.75) is 46.0 Å². The molecule has 8 nitrogen and oxygen atoms in total. The van der Waals surface area contributed by atoms with E-state index < -0.39 is 0 Å². The van der Waals surface area contributed by atoms with Crippen LogP contribution in [0, 0.1) is 12.8 Å². The number of nitrogens with two attached hydrogens (primary N) is 1. The van der Waals surface area contributed by atoms with Gasteiger partial charge in [0.25, 0.3) is 11.5 Å². The highest BCUT2D eigenvalue weighted by atomic mass is 32.2. The number of carbonyl (C=O) groups is 2. The number of thioether (sulfide) groups is 1. The first-order chi connectivity index (χ1) is 16.3. The fraction of sp³-hybridized carbons (Fsp3) is 0.458. The van der Waals surface area contributed by atoms with Crippen LogP contribution in [0.5, 0.6) is 0 Å². The van der Waals surface area contributed by atoms with E-state index in [2.05, 4.69) is 6.92 Å². The number of unbranched alkanes of at least 4 members (excludes halogenated alkanes) is 2. The summed E-state index contributed by atoms with van der Waals surface area (Å²) in [4.78, 5) is 47.2. The molecule has 0 atom stereocenters. The molecule has 0 bridgehead atoms. The molecule has 0 unspecified atom stereocenters. The number of anilines is 1. The molecule has 2 saturated heterocycles. The lowest BCUT2D eigenvalue weighted by Crippen LogP contribution is -2.40. The fourth-order valence-electron chi connectivity index (χ4n) is 4.33. The van der Waals surface area contributed by atoms with Crippen LogP contribution in [0.25, 0.3) is 11.7 Å². The summed E-state index contributed by atoms with van der Waals surface area (Å²) in [6, 6.07) is 3.72. The number of fused-ring (bicyclic) bond motifs is 1. The third-order valence-electron chi connectivity index (χ3n) is 6.32. The molecule has 4 rings (SSSR count). The largest absolute Gasteiger partial charge is 0.369 e. The maximum Gasteiger partial charge on any atom is 0.267 e. The van der Waals surface area contributed by atoms with Gasteiger partial charge in [-0.3, -0.25) is 23.7 Å². The van der Waals surface area contributed by atoms with E-state index in [1.165, 1.54) is 16.2 Å². The molecule has 2 N–H and O–H groups in total. The van der Waals surface area contributed by atoms with Gasteiger partial charge in [-0.1, -0.05) is 49.8 Å². The van der Waals surface area contributed by atoms with Crippen LogP contribution in [0.1, 0.15) is 50.2 Å². The predicted octanol–water partition coefficient (Wildman–Crippen LogP) is 3.10. The maximum atomic E-state index is 13.6. The predicted molar refractivity (Wildman–Crippen MR) is 140 cm³/mol. The van der Waals surface area contributed by atoms with Crippen molar-refractivity contribution in [1.29, 1.82) is 0 Å². The van der Waals surface area contributed by atoms with Gasteiger partial charge in [-0.15, -0.1) is 0 Å². The molecule has 0 spiro atoms. The average molecular weight is 500 g/mol. The highest BCUT2D eigenvalue weighted by molar-refractivity contribution is 8.26. The van der Waals surface area contributed by atoms with Gasteiger partial charge in [0.05, 0.1) is 10.5 Å². The van der Waals surface area contributed by atoms with Crippen LogP contribution in [0.4, 0.5) is 5.82 Å². The Morgan fingerprint density at radius 2 is 2.00 bits per heavy atom. The molecule has 2 aromatic heterocycles. The van der Waals surface area contributed by atoms with Crippen molar-refractivity contribution in [3.05, 3.63) is 44.7 Å². The van der Waals surface area contributed by atoms with E-state index in [0.717, 1.165) is 24.8 Å². The number of rotatable bonds is 7. The zero-order chi connectivity index (χ0) is 24.4. The monoisotopic (exact) mass is 499 g/mol. The Kier molecular flexibility index (Phi) is 7.37. The Hall–Kier alpha value is -2.72. The second kappa shape index (κ2) is 10.3. The summed E-state index contributed by atoms with van der Waals surface area (Å²) in [5.74, 6) is -0.122. The van der Waals surface area contributed by atoms with Crippen molar-refractivity contribution in [3.8, 4) is 0 Å². The number of piperidine rings is 1. The zero-order valence-electron chi connectivity index (χ0n) is 19.5. The lowest BCUT2D eigenvalue weighted by Gasteiger charge is -2.32. The molecule has 2 aliphatic rings. The van der Waals surface area contributed by atoms with Crippen LogP contribution >= 0.6 is 24.0 Å². The van der Waals surface area contributed by atoms with Crippen molar-refractivity contribution >= 4 is 57.7 Å². The maximum absolute atomic E-state index is 13.6. The molecule has 34 heavy (non-hydrogen) atoms. The van der Waals surface area contributed by atoms with Crippen molar-refractivity contribution in [2.24, 2.45) is 11.7 Å². The Morgan fingerprint density at radius 3 is 2.68 bits per heavy atom. The van der Waals surface area contributed by atoms with Gasteiger partial charge in [0.2, 0.25) is 5.91 Å². The molecule has 2 aromatic rings. The number of primary amides is 1. The first kappa shape index (κ1) is 24.4. The summed E-state index contributed by atoms with van der Waals surface area (Å²) in [6.45, 7) is 5.72. The van der Waals surface area contributed by atoms with E-state index in [-0.39, 0.29) is 23.3 Å². The number of hydrogen-bond donors (Lipinski definition) is 1. The van der Waals surface area contributed by atoms with Crippen molar-refractivity contribution in [2.75, 3.05) is 24.5 Å². The first-order valence-electron chi connectivity index (χ1n) is 11.6. The second-order valence-corrected chi connectivity index (χ2v) is 10.5. The highest BCUT2D eigenvalue weighted by Gasteiger charge is 2.33. The molecule has 2 aliphatic heterocycles. The van der Waals surface area contributed by atoms with Gasteiger partial charge >= 0.3 is 0 Å². The van der Waals surface area contributed by atoms with Gasteiger partial charge in [-0.2, -0.15) is 0 Å². The van der Waals surface area contributed by atoms with E-state index in [9.17, 15) is 14.4 Å².